The molecule has 1 fully saturated rings. The van der Waals surface area contributed by atoms with E-state index >= 15 is 0 Å². The summed E-state index contributed by atoms with van der Waals surface area (Å²) < 4.78 is 5.84. The number of aromatic nitrogens is 1. The Kier molecular flexibility index (Phi) is 6.04. The van der Waals surface area contributed by atoms with Gasteiger partial charge in [0.15, 0.2) is 0 Å². The third-order valence-corrected chi connectivity index (χ3v) is 6.16. The largest absolute Gasteiger partial charge is 0.507 e. The van der Waals surface area contributed by atoms with Gasteiger partial charge < -0.3 is 9.84 Å². The van der Waals surface area contributed by atoms with E-state index in [-0.39, 0.29) is 11.3 Å². The minimum atomic E-state index is -0.873. The lowest BCUT2D eigenvalue weighted by Crippen LogP contribution is -2.30. The van der Waals surface area contributed by atoms with Crippen LogP contribution in [-0.4, -0.2) is 28.9 Å². The molecule has 162 valence electrons. The Morgan fingerprint density at radius 2 is 1.97 bits per heavy atom. The van der Waals surface area contributed by atoms with E-state index in [1.54, 1.807) is 60.9 Å². The van der Waals surface area contributed by atoms with Crippen LogP contribution in [0.5, 0.6) is 5.75 Å². The number of aliphatic hydroxyl groups excluding tert-OH is 1. The van der Waals surface area contributed by atoms with Crippen molar-refractivity contribution in [1.82, 2.24) is 4.98 Å². The molecule has 1 aliphatic heterocycles. The molecule has 0 aliphatic carbocycles. The average molecular weight is 514 g/mol. The maximum Gasteiger partial charge on any atom is 0.300 e. The van der Waals surface area contributed by atoms with Crippen molar-refractivity contribution in [2.45, 2.75) is 13.0 Å². The minimum Gasteiger partial charge on any atom is -0.507 e. The smallest absolute Gasteiger partial charge is 0.300 e. The zero-order chi connectivity index (χ0) is 23.0. The quantitative estimate of drug-likeness (QED) is 0.285. The van der Waals surface area contributed by atoms with E-state index in [4.69, 9.17) is 16.3 Å². The second-order valence-electron chi connectivity index (χ2n) is 7.24. The summed E-state index contributed by atoms with van der Waals surface area (Å²) in [5.41, 5.74) is 2.17. The highest BCUT2D eigenvalue weighted by Crippen LogP contribution is 2.43. The number of ether oxygens (including phenoxy) is 1. The number of Topliss-reactive ketones (excluding diaryl/α,β-unsaturated/α-hetero) is 1. The third-order valence-electron chi connectivity index (χ3n) is 5.30. The fraction of sp³-hybridized carbons (Fsp3) is 0.125. The molecule has 32 heavy (non-hydrogen) atoms. The molecule has 2 aromatic carbocycles. The normalized spacial score (nSPS) is 17.6. The van der Waals surface area contributed by atoms with Gasteiger partial charge in [-0.15, -0.1) is 0 Å². The molecule has 0 spiro atoms. The molecular formula is C24H18BrClN2O4. The van der Waals surface area contributed by atoms with E-state index in [9.17, 15) is 14.7 Å². The Morgan fingerprint density at radius 3 is 2.62 bits per heavy atom. The first-order valence-corrected chi connectivity index (χ1v) is 10.8. The number of benzene rings is 2. The Balaban J connectivity index is 1.96. The van der Waals surface area contributed by atoms with Gasteiger partial charge in [-0.3, -0.25) is 19.5 Å². The number of rotatable bonds is 4. The molecule has 0 radical (unpaired) electrons. The Labute approximate surface area is 198 Å². The number of hydrogen-bond donors (Lipinski definition) is 1. The fourth-order valence-electron chi connectivity index (χ4n) is 3.75. The summed E-state index contributed by atoms with van der Waals surface area (Å²) in [4.78, 5) is 31.9. The number of aryl methyl sites for hydroxylation is 1. The van der Waals surface area contributed by atoms with Crippen LogP contribution in [0.3, 0.4) is 0 Å². The van der Waals surface area contributed by atoms with Gasteiger partial charge in [0.25, 0.3) is 11.7 Å². The maximum atomic E-state index is 13.2. The molecule has 1 aliphatic rings. The minimum absolute atomic E-state index is 0.0283. The van der Waals surface area contributed by atoms with E-state index in [1.165, 1.54) is 12.0 Å². The number of nitrogens with zero attached hydrogens (tertiary/aromatic N) is 2. The van der Waals surface area contributed by atoms with E-state index in [1.807, 2.05) is 6.92 Å². The van der Waals surface area contributed by atoms with Gasteiger partial charge in [0.05, 0.1) is 23.2 Å². The SMILES string of the molecule is COc1ccc(/C(O)=C2\C(=O)C(=O)N(c3cc(Cl)ccc3C)C2c2cccnc2)cc1Br. The number of carbonyl (C=O) groups excluding carboxylic acids is 2. The lowest BCUT2D eigenvalue weighted by Gasteiger charge is -2.26. The van der Waals surface area contributed by atoms with Crippen molar-refractivity contribution in [2.24, 2.45) is 0 Å². The highest BCUT2D eigenvalue weighted by molar-refractivity contribution is 9.10. The van der Waals surface area contributed by atoms with Crippen LogP contribution in [0.4, 0.5) is 5.69 Å². The first-order valence-electron chi connectivity index (χ1n) is 9.64. The highest BCUT2D eigenvalue weighted by atomic mass is 79.9. The van der Waals surface area contributed by atoms with Crippen LogP contribution in [0.2, 0.25) is 5.02 Å². The lowest BCUT2D eigenvalue weighted by atomic mass is 9.96. The Hall–Kier alpha value is -3.16. The van der Waals surface area contributed by atoms with Gasteiger partial charge in [-0.05, 0) is 70.4 Å². The van der Waals surface area contributed by atoms with Crippen LogP contribution in [0.1, 0.15) is 22.7 Å². The molecule has 1 N–H and O–H groups in total. The van der Waals surface area contributed by atoms with Crippen LogP contribution in [0.25, 0.3) is 5.76 Å². The van der Waals surface area contributed by atoms with Crippen molar-refractivity contribution in [3.05, 3.63) is 92.7 Å². The van der Waals surface area contributed by atoms with Gasteiger partial charge in [-0.25, -0.2) is 0 Å². The topological polar surface area (TPSA) is 79.7 Å². The first-order chi connectivity index (χ1) is 15.3. The van der Waals surface area contributed by atoms with Gasteiger partial charge in [0, 0.05) is 28.7 Å². The first kappa shape index (κ1) is 22.0. The fourth-order valence-corrected chi connectivity index (χ4v) is 4.45. The monoisotopic (exact) mass is 512 g/mol. The number of anilines is 1. The van der Waals surface area contributed by atoms with Gasteiger partial charge >= 0.3 is 0 Å². The molecule has 6 nitrogen and oxygen atoms in total. The molecule has 1 aromatic heterocycles. The van der Waals surface area contributed by atoms with Crippen LogP contribution >= 0.6 is 27.5 Å². The Morgan fingerprint density at radius 1 is 1.19 bits per heavy atom. The van der Waals surface area contributed by atoms with Crippen LogP contribution in [0, 0.1) is 6.92 Å². The molecule has 1 unspecified atom stereocenters. The molecule has 8 heteroatoms. The predicted octanol–water partition coefficient (Wildman–Crippen LogP) is 5.44. The number of amides is 1. The third kappa shape index (κ3) is 3.78. The molecule has 2 heterocycles. The number of pyridine rings is 1. The number of carbonyl (C=O) groups is 2. The maximum absolute atomic E-state index is 13.2. The summed E-state index contributed by atoms with van der Waals surface area (Å²) in [6.45, 7) is 1.83. The number of methoxy groups -OCH3 is 1. The van der Waals surface area contributed by atoms with Gasteiger partial charge in [-0.1, -0.05) is 23.7 Å². The summed E-state index contributed by atoms with van der Waals surface area (Å²) in [5.74, 6) is -1.26. The van der Waals surface area contributed by atoms with Crippen LogP contribution in [0.15, 0.2) is 71.0 Å². The summed E-state index contributed by atoms with van der Waals surface area (Å²) in [5, 5.41) is 11.6. The standard InChI is InChI=1S/C24H18BrClN2O4/c1-13-5-7-16(26)11-18(13)28-21(15-4-3-9-27-12-15)20(23(30)24(28)31)22(29)14-6-8-19(32-2)17(25)10-14/h3-12,21,29H,1-2H3/b22-20+. The van der Waals surface area contributed by atoms with Crippen LogP contribution in [-0.2, 0) is 9.59 Å². The number of ketones is 1. The highest BCUT2D eigenvalue weighted by Gasteiger charge is 2.47. The van der Waals surface area contributed by atoms with E-state index < -0.39 is 17.7 Å². The second kappa shape index (κ2) is 8.76. The lowest BCUT2D eigenvalue weighted by molar-refractivity contribution is -0.132. The second-order valence-corrected chi connectivity index (χ2v) is 8.53. The Bertz CT molecular complexity index is 1260. The molecule has 3 aromatic rings. The zero-order valence-corrected chi connectivity index (χ0v) is 19.5. The number of halogens is 2. The van der Waals surface area contributed by atoms with Crippen molar-refractivity contribution in [1.29, 1.82) is 0 Å². The molecular weight excluding hydrogens is 496 g/mol. The van der Waals surface area contributed by atoms with Gasteiger partial charge in [-0.2, -0.15) is 0 Å². The van der Waals surface area contributed by atoms with Crippen molar-refractivity contribution in [2.75, 3.05) is 12.0 Å². The van der Waals surface area contributed by atoms with Crippen LogP contribution < -0.4 is 9.64 Å². The van der Waals surface area contributed by atoms with E-state index in [0.29, 0.717) is 32.1 Å². The zero-order valence-electron chi connectivity index (χ0n) is 17.2. The van der Waals surface area contributed by atoms with Gasteiger partial charge in [0.2, 0.25) is 0 Å². The van der Waals surface area contributed by atoms with E-state index in [0.717, 1.165) is 5.56 Å². The summed E-state index contributed by atoms with van der Waals surface area (Å²) in [6, 6.07) is 12.6. The van der Waals surface area contributed by atoms with Crippen molar-refractivity contribution < 1.29 is 19.4 Å². The summed E-state index contributed by atoms with van der Waals surface area (Å²) in [6.07, 6.45) is 3.17. The molecule has 1 atom stereocenters. The molecule has 4 rings (SSSR count). The average Bonchev–Trinajstić information content (AvgIpc) is 3.06. The van der Waals surface area contributed by atoms with Gasteiger partial charge in [0.1, 0.15) is 11.5 Å². The summed E-state index contributed by atoms with van der Waals surface area (Å²) in [7, 11) is 1.53. The summed E-state index contributed by atoms with van der Waals surface area (Å²) >= 11 is 9.59. The number of aliphatic hydroxyl groups is 1. The molecule has 1 saturated heterocycles. The van der Waals surface area contributed by atoms with Crippen molar-refractivity contribution in [3.8, 4) is 5.75 Å². The van der Waals surface area contributed by atoms with Crippen molar-refractivity contribution >= 4 is 50.7 Å². The molecule has 0 saturated carbocycles. The number of hydrogen-bond acceptors (Lipinski definition) is 5. The van der Waals surface area contributed by atoms with Crippen molar-refractivity contribution in [3.63, 3.8) is 0 Å². The van der Waals surface area contributed by atoms with E-state index in [2.05, 4.69) is 20.9 Å². The molecule has 0 bridgehead atoms. The predicted molar refractivity (Wildman–Crippen MR) is 126 cm³/mol. The molecule has 1 amide bonds.